The molecule has 0 radical (unpaired) electrons. The van der Waals surface area contributed by atoms with E-state index in [0.717, 1.165) is 6.42 Å². The van der Waals surface area contributed by atoms with Gasteiger partial charge in [-0.3, -0.25) is 9.59 Å². The Balaban J connectivity index is 1.86. The molecule has 1 N–H and O–H groups in total. The first-order valence-electron chi connectivity index (χ1n) is 7.96. The Labute approximate surface area is 136 Å². The Bertz CT molecular complexity index is 533. The zero-order valence-corrected chi connectivity index (χ0v) is 14.5. The van der Waals surface area contributed by atoms with Crippen LogP contribution in [0.2, 0.25) is 0 Å². The third-order valence-electron chi connectivity index (χ3n) is 4.15. The van der Waals surface area contributed by atoms with E-state index in [2.05, 4.69) is 10.3 Å². The van der Waals surface area contributed by atoms with Crippen LogP contribution < -0.4 is 5.32 Å². The summed E-state index contributed by atoms with van der Waals surface area (Å²) in [4.78, 5) is 30.4. The maximum atomic E-state index is 12.0. The summed E-state index contributed by atoms with van der Waals surface area (Å²) in [5, 5.41) is 3.36. The van der Waals surface area contributed by atoms with E-state index in [-0.39, 0.29) is 11.8 Å². The van der Waals surface area contributed by atoms with Crippen molar-refractivity contribution in [1.82, 2.24) is 9.88 Å². The number of aryl methyl sites for hydroxylation is 1. The molecule has 0 atom stereocenters. The lowest BCUT2D eigenvalue weighted by Gasteiger charge is -2.20. The third-order valence-corrected chi connectivity index (χ3v) is 5.21. The lowest BCUT2D eigenvalue weighted by atomic mass is 9.86. The molecular formula is C16H25N3O2S. The summed E-state index contributed by atoms with van der Waals surface area (Å²) >= 11 is 1.25. The lowest BCUT2D eigenvalue weighted by Crippen LogP contribution is -2.21. The fraction of sp³-hybridized carbons (Fsp3) is 0.688. The summed E-state index contributed by atoms with van der Waals surface area (Å²) in [5.74, 6) is 0.629. The molecule has 0 aromatic carbocycles. The fourth-order valence-electron chi connectivity index (χ4n) is 2.84. The van der Waals surface area contributed by atoms with Crippen molar-refractivity contribution in [2.24, 2.45) is 5.92 Å². The van der Waals surface area contributed by atoms with Crippen molar-refractivity contribution in [3.8, 4) is 0 Å². The number of rotatable bonds is 5. The van der Waals surface area contributed by atoms with Crippen LogP contribution in [0.1, 0.15) is 60.3 Å². The molecule has 2 amide bonds. The van der Waals surface area contributed by atoms with Gasteiger partial charge in [0.2, 0.25) is 5.91 Å². The maximum Gasteiger partial charge on any atom is 0.265 e. The Hall–Kier alpha value is -1.43. The van der Waals surface area contributed by atoms with E-state index in [9.17, 15) is 9.59 Å². The second-order valence-electron chi connectivity index (χ2n) is 6.22. The van der Waals surface area contributed by atoms with Crippen molar-refractivity contribution in [3.05, 3.63) is 10.6 Å². The van der Waals surface area contributed by atoms with Crippen molar-refractivity contribution in [2.75, 3.05) is 19.4 Å². The average Bonchev–Trinajstić information content (AvgIpc) is 2.85. The van der Waals surface area contributed by atoms with E-state index >= 15 is 0 Å². The van der Waals surface area contributed by atoms with E-state index in [1.54, 1.807) is 21.0 Å². The number of anilines is 1. The van der Waals surface area contributed by atoms with Crippen LogP contribution >= 0.6 is 11.3 Å². The molecule has 0 saturated heterocycles. The Morgan fingerprint density at radius 3 is 2.59 bits per heavy atom. The first kappa shape index (κ1) is 16.9. The van der Waals surface area contributed by atoms with Crippen molar-refractivity contribution in [2.45, 2.75) is 51.9 Å². The maximum absolute atomic E-state index is 12.0. The zero-order valence-electron chi connectivity index (χ0n) is 13.6. The average molecular weight is 323 g/mol. The van der Waals surface area contributed by atoms with Gasteiger partial charge in [-0.15, -0.1) is 0 Å². The summed E-state index contributed by atoms with van der Waals surface area (Å²) < 4.78 is 0. The van der Waals surface area contributed by atoms with Gasteiger partial charge in [-0.25, -0.2) is 4.98 Å². The first-order chi connectivity index (χ1) is 10.5. The third kappa shape index (κ3) is 4.53. The molecule has 0 bridgehead atoms. The van der Waals surface area contributed by atoms with Crippen molar-refractivity contribution in [3.63, 3.8) is 0 Å². The van der Waals surface area contributed by atoms with Gasteiger partial charge >= 0.3 is 0 Å². The monoisotopic (exact) mass is 323 g/mol. The topological polar surface area (TPSA) is 62.3 Å². The van der Waals surface area contributed by atoms with E-state index in [1.807, 2.05) is 0 Å². The molecule has 1 heterocycles. The van der Waals surface area contributed by atoms with Gasteiger partial charge < -0.3 is 10.2 Å². The molecule has 5 nitrogen and oxygen atoms in total. The number of thiazole rings is 1. The molecule has 122 valence electrons. The van der Waals surface area contributed by atoms with Gasteiger partial charge in [0.15, 0.2) is 5.13 Å². The van der Waals surface area contributed by atoms with Crippen LogP contribution in [0.5, 0.6) is 0 Å². The summed E-state index contributed by atoms with van der Waals surface area (Å²) in [6, 6.07) is 0. The highest BCUT2D eigenvalue weighted by Crippen LogP contribution is 2.28. The number of nitrogens with zero attached hydrogens (tertiary/aromatic N) is 2. The number of nitrogens with one attached hydrogen (secondary N) is 1. The summed E-state index contributed by atoms with van der Waals surface area (Å²) in [6.07, 6.45) is 7.95. The van der Waals surface area contributed by atoms with Crippen LogP contribution in [-0.4, -0.2) is 35.8 Å². The van der Waals surface area contributed by atoms with Crippen LogP contribution in [0.25, 0.3) is 0 Å². The minimum atomic E-state index is -0.0716. The van der Waals surface area contributed by atoms with E-state index < -0.39 is 0 Å². The van der Waals surface area contributed by atoms with E-state index in [0.29, 0.717) is 28.0 Å². The molecule has 6 heteroatoms. The van der Waals surface area contributed by atoms with Crippen molar-refractivity contribution in [1.29, 1.82) is 0 Å². The fourth-order valence-corrected chi connectivity index (χ4v) is 3.85. The largest absolute Gasteiger partial charge is 0.344 e. The van der Waals surface area contributed by atoms with Gasteiger partial charge in [0.05, 0.1) is 5.69 Å². The second-order valence-corrected chi connectivity index (χ2v) is 7.22. The molecule has 0 unspecified atom stereocenters. The van der Waals surface area contributed by atoms with E-state index in [1.165, 1.54) is 48.3 Å². The molecule has 1 fully saturated rings. The number of hydrogen-bond donors (Lipinski definition) is 1. The van der Waals surface area contributed by atoms with Crippen LogP contribution in [0.3, 0.4) is 0 Å². The highest BCUT2D eigenvalue weighted by atomic mass is 32.1. The van der Waals surface area contributed by atoms with E-state index in [4.69, 9.17) is 0 Å². The SMILES string of the molecule is Cc1nc(NC(=O)CCC2CCCCC2)sc1C(=O)N(C)C. The predicted octanol–water partition coefficient (Wildman–Crippen LogP) is 3.45. The van der Waals surface area contributed by atoms with Gasteiger partial charge in [0.1, 0.15) is 4.88 Å². The Morgan fingerprint density at radius 2 is 1.95 bits per heavy atom. The summed E-state index contributed by atoms with van der Waals surface area (Å²) in [6.45, 7) is 1.80. The first-order valence-corrected chi connectivity index (χ1v) is 8.78. The smallest absolute Gasteiger partial charge is 0.265 e. The molecule has 1 saturated carbocycles. The standard InChI is InChI=1S/C16H25N3O2S/c1-11-14(15(21)19(2)3)22-16(17-11)18-13(20)10-9-12-7-5-4-6-8-12/h12H,4-10H2,1-3H3,(H,17,18,20). The van der Waals surface area contributed by atoms with Crippen LogP contribution in [-0.2, 0) is 4.79 Å². The van der Waals surface area contributed by atoms with Crippen molar-refractivity contribution >= 4 is 28.3 Å². The molecule has 1 aliphatic carbocycles. The normalized spacial score (nSPS) is 15.6. The molecule has 1 aromatic rings. The van der Waals surface area contributed by atoms with Gasteiger partial charge in [-0.1, -0.05) is 43.4 Å². The quantitative estimate of drug-likeness (QED) is 0.902. The molecule has 0 aliphatic heterocycles. The summed E-state index contributed by atoms with van der Waals surface area (Å²) in [7, 11) is 3.42. The molecule has 1 aliphatic rings. The Morgan fingerprint density at radius 1 is 1.27 bits per heavy atom. The highest BCUT2D eigenvalue weighted by Gasteiger charge is 2.19. The van der Waals surface area contributed by atoms with Gasteiger partial charge in [0.25, 0.3) is 5.91 Å². The van der Waals surface area contributed by atoms with Crippen LogP contribution in [0.15, 0.2) is 0 Å². The molecule has 22 heavy (non-hydrogen) atoms. The number of aromatic nitrogens is 1. The minimum absolute atomic E-state index is 0.00294. The van der Waals surface area contributed by atoms with Gasteiger partial charge in [-0.05, 0) is 19.3 Å². The second kappa shape index (κ2) is 7.72. The lowest BCUT2D eigenvalue weighted by molar-refractivity contribution is -0.116. The predicted molar refractivity (Wildman–Crippen MR) is 89.3 cm³/mol. The van der Waals surface area contributed by atoms with Crippen LogP contribution in [0.4, 0.5) is 5.13 Å². The zero-order chi connectivity index (χ0) is 16.1. The number of carbonyl (C=O) groups is 2. The highest BCUT2D eigenvalue weighted by molar-refractivity contribution is 7.17. The molecule has 1 aromatic heterocycles. The van der Waals surface area contributed by atoms with Crippen molar-refractivity contribution < 1.29 is 9.59 Å². The molecule has 2 rings (SSSR count). The summed E-state index contributed by atoms with van der Waals surface area (Å²) in [5.41, 5.74) is 0.672. The number of carbonyl (C=O) groups excluding carboxylic acids is 2. The van der Waals surface area contributed by atoms with Gasteiger partial charge in [0, 0.05) is 20.5 Å². The molecule has 0 spiro atoms. The minimum Gasteiger partial charge on any atom is -0.344 e. The number of hydrogen-bond acceptors (Lipinski definition) is 4. The van der Waals surface area contributed by atoms with Crippen LogP contribution in [0, 0.1) is 12.8 Å². The Kier molecular flexibility index (Phi) is 5.94. The number of amides is 2. The van der Waals surface area contributed by atoms with Gasteiger partial charge in [-0.2, -0.15) is 0 Å². The molecular weight excluding hydrogens is 298 g/mol.